The Hall–Kier alpha value is -3.69. The number of hydrogen-bond acceptors (Lipinski definition) is 8. The Morgan fingerprint density at radius 2 is 1.74 bits per heavy atom. The Kier molecular flexibility index (Phi) is 6.16. The number of methoxy groups -OCH3 is 1. The molecule has 0 atom stereocenters. The molecule has 0 spiro atoms. The number of anilines is 1. The molecule has 0 saturated carbocycles. The van der Waals surface area contributed by atoms with Crippen molar-refractivity contribution in [3.8, 4) is 22.5 Å². The smallest absolute Gasteiger partial charge is 0.338 e. The Labute approximate surface area is 196 Å². The summed E-state index contributed by atoms with van der Waals surface area (Å²) in [5, 5.41) is 0.577. The molecule has 2 aromatic carbocycles. The molecule has 0 amide bonds. The fraction of sp³-hybridized carbons (Fsp3) is 0.200. The monoisotopic (exact) mass is 480 g/mol. The van der Waals surface area contributed by atoms with Crippen LogP contribution in [0.3, 0.4) is 0 Å². The van der Waals surface area contributed by atoms with E-state index in [-0.39, 0.29) is 16.9 Å². The lowest BCUT2D eigenvalue weighted by molar-refractivity contribution is 0.0601. The quantitative estimate of drug-likeness (QED) is 0.230. The molecule has 0 aromatic heterocycles. The largest absolute Gasteiger partial charge is 0.744 e. The van der Waals surface area contributed by atoms with E-state index in [4.69, 9.17) is 9.15 Å². The minimum absolute atomic E-state index is 0.0938. The lowest BCUT2D eigenvalue weighted by Gasteiger charge is -2.23. The van der Waals surface area contributed by atoms with Crippen LogP contribution < -0.4 is 10.3 Å². The van der Waals surface area contributed by atoms with Crippen LogP contribution in [0.25, 0.3) is 33.4 Å². The summed E-state index contributed by atoms with van der Waals surface area (Å²) >= 11 is 0. The molecule has 176 valence electrons. The fourth-order valence-electron chi connectivity index (χ4n) is 4.15. The molecule has 1 aliphatic carbocycles. The molecule has 0 bridgehead atoms. The number of benzene rings is 3. The lowest BCUT2D eigenvalue weighted by atomic mass is 9.90. The minimum atomic E-state index is -5.04. The van der Waals surface area contributed by atoms with Gasteiger partial charge in [-0.25, -0.2) is 13.2 Å². The van der Waals surface area contributed by atoms with Gasteiger partial charge in [0, 0.05) is 47.4 Å². The molecular weight excluding hydrogens is 458 g/mol. The number of carbonyl (C=O) groups is 1. The summed E-state index contributed by atoms with van der Waals surface area (Å²) in [6, 6.07) is 14.2. The molecule has 4 rings (SSSR count). The Balaban J connectivity index is 2.19. The summed E-state index contributed by atoms with van der Waals surface area (Å²) in [7, 11) is -3.77. The summed E-state index contributed by atoms with van der Waals surface area (Å²) in [6.45, 7) is 5.59. The maximum Gasteiger partial charge on any atom is 0.338 e. The van der Waals surface area contributed by atoms with Gasteiger partial charge in [0.15, 0.2) is 5.43 Å². The SMILES string of the molecule is CCN(CC)c1ccc2c(-c3ccccc3C(=O)OC)c3cc(S(=O)(=O)[O-])c(=O)cc-3oc2c1. The summed E-state index contributed by atoms with van der Waals surface area (Å²) < 4.78 is 46.2. The van der Waals surface area contributed by atoms with E-state index < -0.39 is 26.4 Å². The van der Waals surface area contributed by atoms with Gasteiger partial charge < -0.3 is 18.6 Å². The zero-order valence-corrected chi connectivity index (χ0v) is 19.6. The molecule has 0 fully saturated rings. The van der Waals surface area contributed by atoms with Gasteiger partial charge in [-0.1, -0.05) is 18.2 Å². The first-order valence-corrected chi connectivity index (χ1v) is 12.0. The average molecular weight is 481 g/mol. The molecule has 1 aliphatic heterocycles. The Morgan fingerprint density at radius 3 is 2.38 bits per heavy atom. The molecule has 0 saturated heterocycles. The molecule has 0 unspecified atom stereocenters. The summed E-state index contributed by atoms with van der Waals surface area (Å²) in [4.78, 5) is 26.2. The van der Waals surface area contributed by atoms with Gasteiger partial charge >= 0.3 is 5.97 Å². The van der Waals surface area contributed by atoms with Crippen LogP contribution in [0.15, 0.2) is 68.7 Å². The molecule has 2 aromatic rings. The molecule has 1 heterocycles. The molecule has 9 heteroatoms. The highest BCUT2D eigenvalue weighted by molar-refractivity contribution is 7.85. The second-order valence-electron chi connectivity index (χ2n) is 7.62. The number of carbonyl (C=O) groups excluding carboxylic acids is 1. The van der Waals surface area contributed by atoms with E-state index in [1.165, 1.54) is 7.11 Å². The van der Waals surface area contributed by atoms with Crippen LogP contribution in [0.2, 0.25) is 0 Å². The van der Waals surface area contributed by atoms with Crippen molar-refractivity contribution >= 4 is 32.7 Å². The van der Waals surface area contributed by atoms with Gasteiger partial charge in [0.25, 0.3) is 0 Å². The minimum Gasteiger partial charge on any atom is -0.744 e. The van der Waals surface area contributed by atoms with E-state index in [0.717, 1.165) is 30.9 Å². The highest BCUT2D eigenvalue weighted by Gasteiger charge is 2.24. The molecule has 2 aliphatic rings. The standard InChI is InChI=1S/C25H23NO7S/c1-4-26(5-2)15-10-11-18-21(12-15)33-22-14-20(27)23(34(29,30)31)13-19(22)24(18)16-8-6-7-9-17(16)25(28)32-3/h6-14H,4-5H2,1-3H3,(H,29,30,31)/p-1. The maximum atomic E-state index is 12.5. The number of rotatable bonds is 6. The summed E-state index contributed by atoms with van der Waals surface area (Å²) in [5.74, 6) is -0.495. The first-order chi connectivity index (χ1) is 16.2. The Bertz CT molecular complexity index is 1530. The topological polar surface area (TPSA) is 117 Å². The van der Waals surface area contributed by atoms with Crippen molar-refractivity contribution in [2.24, 2.45) is 0 Å². The van der Waals surface area contributed by atoms with Crippen LogP contribution in [0, 0.1) is 0 Å². The van der Waals surface area contributed by atoms with E-state index in [2.05, 4.69) is 4.90 Å². The van der Waals surface area contributed by atoms with Crippen molar-refractivity contribution in [3.05, 3.63) is 70.4 Å². The van der Waals surface area contributed by atoms with E-state index in [0.29, 0.717) is 22.1 Å². The second kappa shape index (κ2) is 8.92. The summed E-state index contributed by atoms with van der Waals surface area (Å²) in [5.41, 5.74) is 1.73. The molecule has 8 nitrogen and oxygen atoms in total. The van der Waals surface area contributed by atoms with Gasteiger partial charge in [-0.3, -0.25) is 4.79 Å². The predicted molar refractivity (Wildman–Crippen MR) is 127 cm³/mol. The lowest BCUT2D eigenvalue weighted by Crippen LogP contribution is -2.21. The van der Waals surface area contributed by atoms with E-state index in [1.807, 2.05) is 32.0 Å². The first-order valence-electron chi connectivity index (χ1n) is 10.6. The van der Waals surface area contributed by atoms with E-state index in [9.17, 15) is 22.6 Å². The van der Waals surface area contributed by atoms with Crippen molar-refractivity contribution in [1.82, 2.24) is 0 Å². The van der Waals surface area contributed by atoms with Gasteiger partial charge in [-0.2, -0.15) is 0 Å². The van der Waals surface area contributed by atoms with Crippen LogP contribution in [-0.2, 0) is 14.9 Å². The zero-order valence-electron chi connectivity index (χ0n) is 18.8. The van der Waals surface area contributed by atoms with Crippen LogP contribution in [0.5, 0.6) is 0 Å². The number of nitrogens with zero attached hydrogens (tertiary/aromatic N) is 1. The van der Waals surface area contributed by atoms with Crippen molar-refractivity contribution < 1.29 is 26.9 Å². The predicted octanol–water partition coefficient (Wildman–Crippen LogP) is 4.10. The van der Waals surface area contributed by atoms with Crippen LogP contribution in [0.4, 0.5) is 5.69 Å². The van der Waals surface area contributed by atoms with Gasteiger partial charge in [-0.15, -0.1) is 0 Å². The Morgan fingerprint density at radius 1 is 1.03 bits per heavy atom. The number of esters is 1. The van der Waals surface area contributed by atoms with Gasteiger partial charge in [-0.05, 0) is 43.7 Å². The highest BCUT2D eigenvalue weighted by Crippen LogP contribution is 2.42. The van der Waals surface area contributed by atoms with Crippen molar-refractivity contribution in [2.75, 3.05) is 25.1 Å². The maximum absolute atomic E-state index is 12.5. The number of hydrogen-bond donors (Lipinski definition) is 0. The molecule has 34 heavy (non-hydrogen) atoms. The van der Waals surface area contributed by atoms with Crippen LogP contribution >= 0.6 is 0 Å². The van der Waals surface area contributed by atoms with Gasteiger partial charge in [0.05, 0.1) is 12.7 Å². The van der Waals surface area contributed by atoms with E-state index in [1.54, 1.807) is 24.3 Å². The third-order valence-electron chi connectivity index (χ3n) is 5.77. The average Bonchev–Trinajstić information content (AvgIpc) is 2.81. The van der Waals surface area contributed by atoms with Crippen molar-refractivity contribution in [2.45, 2.75) is 18.7 Å². The van der Waals surface area contributed by atoms with Crippen molar-refractivity contribution in [3.63, 3.8) is 0 Å². The van der Waals surface area contributed by atoms with Crippen molar-refractivity contribution in [1.29, 1.82) is 0 Å². The normalized spacial score (nSPS) is 11.6. The van der Waals surface area contributed by atoms with Crippen LogP contribution in [-0.4, -0.2) is 39.1 Å². The molecule has 0 radical (unpaired) electrons. The highest BCUT2D eigenvalue weighted by atomic mass is 32.2. The van der Waals surface area contributed by atoms with E-state index >= 15 is 0 Å². The summed E-state index contributed by atoms with van der Waals surface area (Å²) in [6.07, 6.45) is 0. The van der Waals surface area contributed by atoms with Gasteiger partial charge in [0.2, 0.25) is 0 Å². The fourth-order valence-corrected chi connectivity index (χ4v) is 4.71. The third-order valence-corrected chi connectivity index (χ3v) is 6.63. The third kappa shape index (κ3) is 4.04. The second-order valence-corrected chi connectivity index (χ2v) is 8.96. The molecule has 0 N–H and O–H groups in total. The molecular formula is C25H22NO7S-. The number of fused-ring (bicyclic) bond motifs is 2. The van der Waals surface area contributed by atoms with Gasteiger partial charge in [0.1, 0.15) is 26.4 Å². The number of ether oxygens (including phenoxy) is 1. The first kappa shape index (κ1) is 23.5. The zero-order chi connectivity index (χ0) is 24.6. The van der Waals surface area contributed by atoms with Crippen LogP contribution in [0.1, 0.15) is 24.2 Å².